The van der Waals surface area contributed by atoms with E-state index in [1.165, 1.54) is 10.4 Å². The van der Waals surface area contributed by atoms with Gasteiger partial charge in [0.1, 0.15) is 5.82 Å². The van der Waals surface area contributed by atoms with E-state index >= 15 is 0 Å². The van der Waals surface area contributed by atoms with Gasteiger partial charge in [0, 0.05) is 67.9 Å². The topological polar surface area (TPSA) is 82.2 Å². The lowest BCUT2D eigenvalue weighted by Gasteiger charge is -2.32. The minimum absolute atomic E-state index is 0.00788. The molecule has 0 radical (unpaired) electrons. The van der Waals surface area contributed by atoms with Crippen molar-refractivity contribution in [2.24, 2.45) is 0 Å². The smallest absolute Gasteiger partial charge is 0.255 e. The Morgan fingerprint density at radius 2 is 2.00 bits per heavy atom. The Labute approximate surface area is 191 Å². The summed E-state index contributed by atoms with van der Waals surface area (Å²) in [6.07, 6.45) is 5.70. The summed E-state index contributed by atoms with van der Waals surface area (Å²) >= 11 is 1.77. The van der Waals surface area contributed by atoms with E-state index in [4.69, 9.17) is 4.98 Å². The minimum atomic E-state index is -0.00788. The third-order valence-electron chi connectivity index (χ3n) is 6.45. The minimum Gasteiger partial charge on any atom is -0.339 e. The first-order valence-electron chi connectivity index (χ1n) is 11.1. The Morgan fingerprint density at radius 3 is 2.72 bits per heavy atom. The van der Waals surface area contributed by atoms with Crippen LogP contribution in [-0.4, -0.2) is 50.3 Å². The third-order valence-corrected chi connectivity index (χ3v) is 7.36. The van der Waals surface area contributed by atoms with Crippen molar-refractivity contribution in [3.63, 3.8) is 0 Å². The highest BCUT2D eigenvalue weighted by atomic mass is 32.1. The molecule has 32 heavy (non-hydrogen) atoms. The molecule has 0 bridgehead atoms. The number of fused-ring (bicyclic) bond motifs is 1. The molecule has 2 aliphatic heterocycles. The zero-order valence-electron chi connectivity index (χ0n) is 18.2. The molecule has 1 fully saturated rings. The SMILES string of the molecule is Cc1cc(CN2CCc3nc(C4CCN(C(=O)c5ccncc5)CC4)[nH]c(=O)c3C2)cs1. The highest BCUT2D eigenvalue weighted by Crippen LogP contribution is 2.27. The zero-order valence-corrected chi connectivity index (χ0v) is 19.0. The van der Waals surface area contributed by atoms with Crippen molar-refractivity contribution in [3.05, 3.63) is 79.4 Å². The zero-order chi connectivity index (χ0) is 22.1. The van der Waals surface area contributed by atoms with Crippen LogP contribution in [0.3, 0.4) is 0 Å². The van der Waals surface area contributed by atoms with Crippen molar-refractivity contribution in [2.45, 2.75) is 45.2 Å². The number of piperidine rings is 1. The van der Waals surface area contributed by atoms with Gasteiger partial charge in [0.25, 0.3) is 11.5 Å². The fourth-order valence-corrected chi connectivity index (χ4v) is 5.40. The largest absolute Gasteiger partial charge is 0.339 e. The molecule has 5 heterocycles. The molecule has 0 unspecified atom stereocenters. The van der Waals surface area contributed by atoms with Crippen molar-refractivity contribution in [1.29, 1.82) is 0 Å². The van der Waals surface area contributed by atoms with Crippen LogP contribution < -0.4 is 5.56 Å². The number of amides is 1. The van der Waals surface area contributed by atoms with E-state index < -0.39 is 0 Å². The summed E-state index contributed by atoms with van der Waals surface area (Å²) in [5.41, 5.74) is 3.71. The Bertz CT molecular complexity index is 1160. The highest BCUT2D eigenvalue weighted by molar-refractivity contribution is 7.10. The van der Waals surface area contributed by atoms with Gasteiger partial charge in [-0.25, -0.2) is 4.98 Å². The standard InChI is InChI=1S/C24H27N5O2S/c1-16-12-17(15-32-16)13-28-9-6-21-20(14-28)23(30)27-22(26-21)18-4-10-29(11-5-18)24(31)19-2-7-25-8-3-19/h2-3,7-8,12,15,18H,4-6,9-11,13-14H2,1H3,(H,26,27,30). The van der Waals surface area contributed by atoms with Crippen LogP contribution in [0, 0.1) is 6.92 Å². The molecule has 7 nitrogen and oxygen atoms in total. The number of aromatic amines is 1. The second kappa shape index (κ2) is 8.96. The van der Waals surface area contributed by atoms with Crippen LogP contribution in [0.5, 0.6) is 0 Å². The molecule has 0 aliphatic carbocycles. The number of rotatable bonds is 4. The summed E-state index contributed by atoms with van der Waals surface area (Å²) in [7, 11) is 0. The van der Waals surface area contributed by atoms with E-state index in [-0.39, 0.29) is 17.4 Å². The van der Waals surface area contributed by atoms with Crippen molar-refractivity contribution in [3.8, 4) is 0 Å². The lowest BCUT2D eigenvalue weighted by atomic mass is 9.94. The molecule has 8 heteroatoms. The lowest BCUT2D eigenvalue weighted by molar-refractivity contribution is 0.0710. The molecule has 5 rings (SSSR count). The molecule has 2 aliphatic rings. The molecule has 0 spiro atoms. The Hall–Kier alpha value is -2.84. The summed E-state index contributed by atoms with van der Waals surface area (Å²) in [6.45, 7) is 5.88. The van der Waals surface area contributed by atoms with E-state index in [0.717, 1.165) is 49.4 Å². The normalized spacial score (nSPS) is 17.3. The van der Waals surface area contributed by atoms with Crippen molar-refractivity contribution in [1.82, 2.24) is 24.8 Å². The average molecular weight is 450 g/mol. The summed E-state index contributed by atoms with van der Waals surface area (Å²) in [5.74, 6) is 1.01. The van der Waals surface area contributed by atoms with Gasteiger partial charge in [-0.3, -0.25) is 19.5 Å². The van der Waals surface area contributed by atoms with E-state index in [1.807, 2.05) is 4.90 Å². The number of aryl methyl sites for hydroxylation is 1. The van der Waals surface area contributed by atoms with Crippen LogP contribution in [0.2, 0.25) is 0 Å². The first-order valence-corrected chi connectivity index (χ1v) is 12.0. The van der Waals surface area contributed by atoms with Gasteiger partial charge in [-0.15, -0.1) is 11.3 Å². The maximum absolute atomic E-state index is 12.9. The summed E-state index contributed by atoms with van der Waals surface area (Å²) in [4.78, 5) is 43.0. The van der Waals surface area contributed by atoms with Gasteiger partial charge >= 0.3 is 0 Å². The molecular weight excluding hydrogens is 422 g/mol. The molecule has 0 atom stereocenters. The number of H-pyrrole nitrogens is 1. The maximum atomic E-state index is 12.9. The molecule has 166 valence electrons. The number of aromatic nitrogens is 3. The third kappa shape index (κ3) is 4.38. The Balaban J connectivity index is 1.24. The van der Waals surface area contributed by atoms with Crippen LogP contribution in [0.25, 0.3) is 0 Å². The molecule has 3 aromatic rings. The van der Waals surface area contributed by atoms with Gasteiger partial charge in [0.15, 0.2) is 0 Å². The van der Waals surface area contributed by atoms with Crippen molar-refractivity contribution in [2.75, 3.05) is 19.6 Å². The quantitative estimate of drug-likeness (QED) is 0.662. The monoisotopic (exact) mass is 449 g/mol. The molecular formula is C24H27N5O2S. The van der Waals surface area contributed by atoms with E-state index in [2.05, 4.69) is 33.2 Å². The number of likely N-dealkylation sites (tertiary alicyclic amines) is 1. The Morgan fingerprint density at radius 1 is 1.22 bits per heavy atom. The second-order valence-corrected chi connectivity index (χ2v) is 9.82. The average Bonchev–Trinajstić information content (AvgIpc) is 3.24. The first-order chi connectivity index (χ1) is 15.6. The van der Waals surface area contributed by atoms with Gasteiger partial charge in [0.05, 0.1) is 11.3 Å². The summed E-state index contributed by atoms with van der Waals surface area (Å²) in [5, 5.41) is 2.20. The maximum Gasteiger partial charge on any atom is 0.255 e. The number of hydrogen-bond acceptors (Lipinski definition) is 6. The Kier molecular flexibility index (Phi) is 5.89. The molecule has 0 aromatic carbocycles. The van der Waals surface area contributed by atoms with Crippen molar-refractivity contribution < 1.29 is 4.79 Å². The molecule has 0 saturated carbocycles. The van der Waals surface area contributed by atoms with Gasteiger partial charge in [-0.05, 0) is 48.9 Å². The van der Waals surface area contributed by atoms with Crippen LogP contribution in [0.1, 0.15) is 56.6 Å². The number of pyridine rings is 1. The van der Waals surface area contributed by atoms with Crippen LogP contribution in [0.15, 0.2) is 40.8 Å². The summed E-state index contributed by atoms with van der Waals surface area (Å²) in [6, 6.07) is 5.72. The number of thiophene rings is 1. The number of hydrogen-bond donors (Lipinski definition) is 1. The molecule has 3 aromatic heterocycles. The number of carbonyl (C=O) groups is 1. The van der Waals surface area contributed by atoms with Crippen LogP contribution in [-0.2, 0) is 19.5 Å². The highest BCUT2D eigenvalue weighted by Gasteiger charge is 2.28. The number of nitrogens with one attached hydrogen (secondary N) is 1. The lowest BCUT2D eigenvalue weighted by Crippen LogP contribution is -2.39. The first kappa shape index (κ1) is 21.0. The molecule has 1 N–H and O–H groups in total. The van der Waals surface area contributed by atoms with Crippen LogP contribution in [0.4, 0.5) is 0 Å². The predicted molar refractivity (Wildman–Crippen MR) is 124 cm³/mol. The van der Waals surface area contributed by atoms with Crippen LogP contribution >= 0.6 is 11.3 Å². The molecule has 1 saturated heterocycles. The second-order valence-electron chi connectivity index (χ2n) is 8.71. The van der Waals surface area contributed by atoms with E-state index in [0.29, 0.717) is 25.2 Å². The van der Waals surface area contributed by atoms with E-state index in [1.54, 1.807) is 35.9 Å². The fourth-order valence-electron chi connectivity index (χ4n) is 4.70. The number of carbonyl (C=O) groups excluding carboxylic acids is 1. The van der Waals surface area contributed by atoms with Crippen molar-refractivity contribution >= 4 is 17.2 Å². The summed E-state index contributed by atoms with van der Waals surface area (Å²) < 4.78 is 0. The van der Waals surface area contributed by atoms with Gasteiger partial charge in [0.2, 0.25) is 0 Å². The van der Waals surface area contributed by atoms with Gasteiger partial charge in [-0.1, -0.05) is 0 Å². The van der Waals surface area contributed by atoms with Gasteiger partial charge in [-0.2, -0.15) is 0 Å². The predicted octanol–water partition coefficient (Wildman–Crippen LogP) is 3.11. The molecule has 1 amide bonds. The van der Waals surface area contributed by atoms with Gasteiger partial charge < -0.3 is 9.88 Å². The number of nitrogens with zero attached hydrogens (tertiary/aromatic N) is 4. The fraction of sp³-hybridized carbons (Fsp3) is 0.417. The van der Waals surface area contributed by atoms with E-state index in [9.17, 15) is 9.59 Å².